The van der Waals surface area contributed by atoms with Crippen molar-refractivity contribution >= 4 is 11.6 Å². The zero-order valence-electron chi connectivity index (χ0n) is 11.0. The quantitative estimate of drug-likeness (QED) is 0.883. The van der Waals surface area contributed by atoms with Gasteiger partial charge < -0.3 is 10.1 Å². The smallest absolute Gasteiger partial charge is 0.0731 e. The van der Waals surface area contributed by atoms with E-state index in [9.17, 15) is 0 Å². The van der Waals surface area contributed by atoms with Crippen molar-refractivity contribution in [2.24, 2.45) is 0 Å². The minimum atomic E-state index is 0.345. The van der Waals surface area contributed by atoms with E-state index in [-0.39, 0.29) is 0 Å². The van der Waals surface area contributed by atoms with Crippen LogP contribution in [0.15, 0.2) is 24.3 Å². The molecule has 0 saturated carbocycles. The van der Waals surface area contributed by atoms with Crippen molar-refractivity contribution in [3.05, 3.63) is 34.9 Å². The molecule has 1 aromatic rings. The van der Waals surface area contributed by atoms with Crippen LogP contribution < -0.4 is 5.32 Å². The fourth-order valence-corrected chi connectivity index (χ4v) is 2.81. The lowest BCUT2D eigenvalue weighted by Crippen LogP contribution is -2.44. The van der Waals surface area contributed by atoms with Gasteiger partial charge in [0, 0.05) is 17.7 Å². The van der Waals surface area contributed by atoms with Gasteiger partial charge in [0.25, 0.3) is 0 Å². The molecule has 3 heteroatoms. The van der Waals surface area contributed by atoms with Crippen LogP contribution in [0, 0.1) is 0 Å². The molecule has 0 radical (unpaired) electrons. The van der Waals surface area contributed by atoms with Gasteiger partial charge >= 0.3 is 0 Å². The summed E-state index contributed by atoms with van der Waals surface area (Å²) in [5.41, 5.74) is 1.28. The van der Waals surface area contributed by atoms with E-state index in [1.165, 1.54) is 18.4 Å². The van der Waals surface area contributed by atoms with E-state index in [1.807, 2.05) is 12.1 Å². The molecule has 1 fully saturated rings. The highest BCUT2D eigenvalue weighted by molar-refractivity contribution is 6.30. The molecule has 1 N–H and O–H groups in total. The van der Waals surface area contributed by atoms with Crippen molar-refractivity contribution in [1.82, 2.24) is 5.32 Å². The largest absolute Gasteiger partial charge is 0.377 e. The van der Waals surface area contributed by atoms with Crippen molar-refractivity contribution in [3.63, 3.8) is 0 Å². The van der Waals surface area contributed by atoms with Gasteiger partial charge in [0.05, 0.1) is 6.10 Å². The van der Waals surface area contributed by atoms with Crippen molar-refractivity contribution < 1.29 is 4.74 Å². The highest BCUT2D eigenvalue weighted by Gasteiger charge is 2.23. The lowest BCUT2D eigenvalue weighted by atomic mass is 9.96. The summed E-state index contributed by atoms with van der Waals surface area (Å²) in [7, 11) is 0. The third kappa shape index (κ3) is 3.98. The van der Waals surface area contributed by atoms with Gasteiger partial charge in [-0.1, -0.05) is 30.7 Å². The maximum Gasteiger partial charge on any atom is 0.0731 e. The van der Waals surface area contributed by atoms with Gasteiger partial charge in [0.15, 0.2) is 0 Å². The summed E-state index contributed by atoms with van der Waals surface area (Å²) in [5.74, 6) is 0. The molecule has 0 bridgehead atoms. The molecule has 2 atom stereocenters. The summed E-state index contributed by atoms with van der Waals surface area (Å²) in [4.78, 5) is 0. The second-order valence-electron chi connectivity index (χ2n) is 4.90. The van der Waals surface area contributed by atoms with E-state index in [0.29, 0.717) is 12.1 Å². The summed E-state index contributed by atoms with van der Waals surface area (Å²) >= 11 is 6.04. The first-order chi connectivity index (χ1) is 8.79. The second-order valence-corrected chi connectivity index (χ2v) is 5.34. The summed E-state index contributed by atoms with van der Waals surface area (Å²) in [6, 6.07) is 8.52. The number of nitrogens with one attached hydrogen (secondary N) is 1. The maximum atomic E-state index is 6.04. The van der Waals surface area contributed by atoms with E-state index in [2.05, 4.69) is 24.4 Å². The van der Waals surface area contributed by atoms with Crippen LogP contribution in [-0.2, 0) is 11.2 Å². The third-order valence-corrected chi connectivity index (χ3v) is 3.71. The summed E-state index contributed by atoms with van der Waals surface area (Å²) in [6.45, 7) is 4.03. The molecule has 2 unspecified atom stereocenters. The number of hydrogen-bond donors (Lipinski definition) is 1. The van der Waals surface area contributed by atoms with Crippen LogP contribution in [0.1, 0.15) is 31.7 Å². The van der Waals surface area contributed by atoms with Crippen LogP contribution in [-0.4, -0.2) is 25.3 Å². The Morgan fingerprint density at radius 3 is 3.00 bits per heavy atom. The second kappa shape index (κ2) is 7.13. The van der Waals surface area contributed by atoms with Crippen molar-refractivity contribution in [3.8, 4) is 0 Å². The number of rotatable bonds is 5. The average Bonchev–Trinajstić information content (AvgIpc) is 2.39. The Balaban J connectivity index is 2.00. The fraction of sp³-hybridized carbons (Fsp3) is 0.600. The Hall–Kier alpha value is -0.570. The van der Waals surface area contributed by atoms with Crippen LogP contribution >= 0.6 is 11.6 Å². The molecule has 1 aliphatic rings. The number of hydrogen-bond acceptors (Lipinski definition) is 2. The minimum Gasteiger partial charge on any atom is -0.377 e. The number of benzene rings is 1. The zero-order valence-corrected chi connectivity index (χ0v) is 11.7. The topological polar surface area (TPSA) is 21.3 Å². The van der Waals surface area contributed by atoms with Crippen LogP contribution in [0.2, 0.25) is 5.02 Å². The van der Waals surface area contributed by atoms with Gasteiger partial charge in [0.2, 0.25) is 0 Å². The van der Waals surface area contributed by atoms with E-state index in [1.54, 1.807) is 0 Å². The molecule has 1 saturated heterocycles. The lowest BCUT2D eigenvalue weighted by Gasteiger charge is -2.31. The van der Waals surface area contributed by atoms with Gasteiger partial charge in [-0.2, -0.15) is 0 Å². The van der Waals surface area contributed by atoms with E-state index >= 15 is 0 Å². The van der Waals surface area contributed by atoms with Crippen molar-refractivity contribution in [1.29, 1.82) is 0 Å². The molecule has 18 heavy (non-hydrogen) atoms. The van der Waals surface area contributed by atoms with E-state index < -0.39 is 0 Å². The van der Waals surface area contributed by atoms with Gasteiger partial charge in [0.1, 0.15) is 0 Å². The van der Waals surface area contributed by atoms with Crippen LogP contribution in [0.3, 0.4) is 0 Å². The highest BCUT2D eigenvalue weighted by Crippen LogP contribution is 2.20. The fourth-order valence-electron chi connectivity index (χ4n) is 2.60. The summed E-state index contributed by atoms with van der Waals surface area (Å²) < 4.78 is 5.90. The van der Waals surface area contributed by atoms with Gasteiger partial charge in [-0.25, -0.2) is 0 Å². The number of ether oxygens (including phenoxy) is 1. The lowest BCUT2D eigenvalue weighted by molar-refractivity contribution is -0.00709. The minimum absolute atomic E-state index is 0.345. The monoisotopic (exact) mass is 267 g/mol. The maximum absolute atomic E-state index is 6.04. The first-order valence-electron chi connectivity index (χ1n) is 6.89. The standard InChI is InChI=1S/C15H22ClNO/c1-2-17-14(15-8-3-4-9-18-15)11-12-6-5-7-13(16)10-12/h5-7,10,14-15,17H,2-4,8-9,11H2,1H3. The first kappa shape index (κ1) is 13.9. The molecule has 0 spiro atoms. The molecule has 100 valence electrons. The van der Waals surface area contributed by atoms with Crippen LogP contribution in [0.25, 0.3) is 0 Å². The van der Waals surface area contributed by atoms with E-state index in [0.717, 1.165) is 31.0 Å². The Labute approximate surface area is 115 Å². The molecule has 0 aromatic heterocycles. The average molecular weight is 268 g/mol. The van der Waals surface area contributed by atoms with Crippen LogP contribution in [0.5, 0.6) is 0 Å². The van der Waals surface area contributed by atoms with Crippen LogP contribution in [0.4, 0.5) is 0 Å². The Morgan fingerprint density at radius 1 is 1.44 bits per heavy atom. The molecule has 1 aliphatic heterocycles. The first-order valence-corrected chi connectivity index (χ1v) is 7.27. The number of halogens is 1. The highest BCUT2D eigenvalue weighted by atomic mass is 35.5. The molecule has 0 aliphatic carbocycles. The predicted octanol–water partition coefficient (Wildman–Crippen LogP) is 3.43. The molecule has 1 heterocycles. The van der Waals surface area contributed by atoms with Gasteiger partial charge in [-0.3, -0.25) is 0 Å². The molecular formula is C15H22ClNO. The summed E-state index contributed by atoms with van der Waals surface area (Å²) in [5, 5.41) is 4.36. The molecule has 0 amide bonds. The Kier molecular flexibility index (Phi) is 5.48. The Morgan fingerprint density at radius 2 is 2.33 bits per heavy atom. The van der Waals surface area contributed by atoms with Crippen molar-refractivity contribution in [2.45, 2.75) is 44.8 Å². The third-order valence-electron chi connectivity index (χ3n) is 3.47. The van der Waals surface area contributed by atoms with Gasteiger partial charge in [-0.05, 0) is 49.9 Å². The molecule has 1 aromatic carbocycles. The van der Waals surface area contributed by atoms with Crippen molar-refractivity contribution in [2.75, 3.05) is 13.2 Å². The normalized spacial score (nSPS) is 21.8. The van der Waals surface area contributed by atoms with Gasteiger partial charge in [-0.15, -0.1) is 0 Å². The Bertz CT molecular complexity index is 363. The number of likely N-dealkylation sites (N-methyl/N-ethyl adjacent to an activating group) is 1. The predicted molar refractivity (Wildman–Crippen MR) is 76.2 cm³/mol. The van der Waals surface area contributed by atoms with E-state index in [4.69, 9.17) is 16.3 Å². The molecule has 2 nitrogen and oxygen atoms in total. The molecule has 2 rings (SSSR count). The summed E-state index contributed by atoms with van der Waals surface area (Å²) in [6.07, 6.45) is 4.98. The SMILES string of the molecule is CCNC(Cc1cccc(Cl)c1)C1CCCCO1. The zero-order chi connectivity index (χ0) is 12.8. The molecular weight excluding hydrogens is 246 g/mol.